The van der Waals surface area contributed by atoms with Crippen LogP contribution in [0.3, 0.4) is 0 Å². The second-order valence-corrected chi connectivity index (χ2v) is 3.41. The van der Waals surface area contributed by atoms with Crippen molar-refractivity contribution in [3.05, 3.63) is 15.6 Å². The van der Waals surface area contributed by atoms with Crippen molar-refractivity contribution in [1.29, 1.82) is 0 Å². The number of rotatable bonds is 3. The summed E-state index contributed by atoms with van der Waals surface area (Å²) in [5.74, 6) is -0.970. The van der Waals surface area contributed by atoms with Gasteiger partial charge in [0.05, 0.1) is 0 Å². The maximum Gasteiger partial charge on any atom is 0.355 e. The molecule has 0 amide bonds. The largest absolute Gasteiger partial charge is 0.476 e. The van der Waals surface area contributed by atoms with E-state index < -0.39 is 5.97 Å². The average Bonchev–Trinajstić information content (AvgIpc) is 2.47. The third-order valence-corrected chi connectivity index (χ3v) is 2.66. The molecule has 0 aromatic carbocycles. The molecule has 0 aliphatic rings. The third-order valence-electron chi connectivity index (χ3n) is 1.44. The van der Waals surface area contributed by atoms with Crippen molar-refractivity contribution in [3.8, 4) is 0 Å². The molecule has 0 saturated heterocycles. The lowest BCUT2D eigenvalue weighted by Gasteiger charge is -1.89. The summed E-state index contributed by atoms with van der Waals surface area (Å²) in [6, 6.07) is 0. The Balaban J connectivity index is 3.08. The number of carboxylic acids is 1. The number of aryl methyl sites for hydroxylation is 1. The van der Waals surface area contributed by atoms with E-state index in [0.29, 0.717) is 18.0 Å². The van der Waals surface area contributed by atoms with Crippen LogP contribution in [0.1, 0.15) is 27.3 Å². The van der Waals surface area contributed by atoms with E-state index in [9.17, 15) is 4.79 Å². The van der Waals surface area contributed by atoms with Crippen LogP contribution in [0.25, 0.3) is 0 Å². The van der Waals surface area contributed by atoms with Gasteiger partial charge in [-0.25, -0.2) is 9.78 Å². The summed E-state index contributed by atoms with van der Waals surface area (Å²) in [6.45, 7) is 2.21. The van der Waals surface area contributed by atoms with Crippen molar-refractivity contribution < 1.29 is 9.90 Å². The van der Waals surface area contributed by atoms with Crippen molar-refractivity contribution in [3.63, 3.8) is 0 Å². The number of carbonyl (C=O) groups is 1. The van der Waals surface area contributed by atoms with Crippen LogP contribution in [0.5, 0.6) is 0 Å². The molecule has 1 rings (SSSR count). The highest BCUT2D eigenvalue weighted by atomic mass is 32.1. The van der Waals surface area contributed by atoms with Crippen LogP contribution in [0.2, 0.25) is 0 Å². The van der Waals surface area contributed by atoms with Crippen molar-refractivity contribution in [2.24, 2.45) is 5.73 Å². The molecular weight excluding hydrogens is 176 g/mol. The molecule has 1 aromatic rings. The Morgan fingerprint density at radius 1 is 1.75 bits per heavy atom. The first kappa shape index (κ1) is 9.15. The van der Waals surface area contributed by atoms with E-state index in [1.165, 1.54) is 11.3 Å². The van der Waals surface area contributed by atoms with Crippen LogP contribution in [-0.4, -0.2) is 16.1 Å². The summed E-state index contributed by atoms with van der Waals surface area (Å²) in [4.78, 5) is 15.3. The number of hydrogen-bond acceptors (Lipinski definition) is 4. The molecule has 0 fully saturated rings. The molecule has 0 aliphatic heterocycles. The van der Waals surface area contributed by atoms with E-state index in [0.717, 1.165) is 4.88 Å². The number of aromatic nitrogens is 1. The molecule has 0 saturated carbocycles. The molecule has 0 atom stereocenters. The van der Waals surface area contributed by atoms with Gasteiger partial charge in [-0.2, -0.15) is 0 Å². The summed E-state index contributed by atoms with van der Waals surface area (Å²) < 4.78 is 0. The second-order valence-electron chi connectivity index (χ2n) is 2.24. The van der Waals surface area contributed by atoms with Gasteiger partial charge in [0.25, 0.3) is 0 Å². The molecule has 1 heterocycles. The van der Waals surface area contributed by atoms with Crippen LogP contribution in [-0.2, 0) is 13.0 Å². The lowest BCUT2D eigenvalue weighted by molar-refractivity contribution is 0.0690. The standard InChI is InChI=1S/C7H10N2O2S/c1-2-4-6(7(10)11)9-5(3-8)12-4/h2-3,8H2,1H3,(H,10,11). The highest BCUT2D eigenvalue weighted by molar-refractivity contribution is 7.11. The SMILES string of the molecule is CCc1sc(CN)nc1C(=O)O. The van der Waals surface area contributed by atoms with Gasteiger partial charge in [0.15, 0.2) is 5.69 Å². The molecule has 12 heavy (non-hydrogen) atoms. The van der Waals surface area contributed by atoms with Crippen LogP contribution in [0, 0.1) is 0 Å². The quantitative estimate of drug-likeness (QED) is 0.734. The van der Waals surface area contributed by atoms with Gasteiger partial charge in [-0.1, -0.05) is 6.92 Å². The Bertz CT molecular complexity index is 296. The maximum absolute atomic E-state index is 10.6. The predicted molar refractivity (Wildman–Crippen MR) is 46.3 cm³/mol. The van der Waals surface area contributed by atoms with Gasteiger partial charge in [-0.15, -0.1) is 11.3 Å². The van der Waals surface area contributed by atoms with Gasteiger partial charge in [0, 0.05) is 11.4 Å². The molecule has 1 aromatic heterocycles. The Morgan fingerprint density at radius 2 is 2.42 bits per heavy atom. The summed E-state index contributed by atoms with van der Waals surface area (Å²) in [7, 11) is 0. The van der Waals surface area contributed by atoms with Gasteiger partial charge < -0.3 is 10.8 Å². The first-order valence-corrected chi connectivity index (χ1v) is 4.42. The Labute approximate surface area is 74.0 Å². The van der Waals surface area contributed by atoms with E-state index in [2.05, 4.69) is 4.98 Å². The number of carboxylic acid groups (broad SMARTS) is 1. The van der Waals surface area contributed by atoms with Crippen molar-refractivity contribution in [2.45, 2.75) is 19.9 Å². The maximum atomic E-state index is 10.6. The minimum atomic E-state index is -0.970. The average molecular weight is 186 g/mol. The van der Waals surface area contributed by atoms with Crippen molar-refractivity contribution in [2.75, 3.05) is 0 Å². The van der Waals surface area contributed by atoms with Gasteiger partial charge >= 0.3 is 5.97 Å². The summed E-state index contributed by atoms with van der Waals surface area (Å²) in [6.07, 6.45) is 0.694. The fourth-order valence-corrected chi connectivity index (χ4v) is 1.77. The van der Waals surface area contributed by atoms with E-state index in [4.69, 9.17) is 10.8 Å². The predicted octanol–water partition coefficient (Wildman–Crippen LogP) is 0.862. The smallest absolute Gasteiger partial charge is 0.355 e. The van der Waals surface area contributed by atoms with E-state index >= 15 is 0 Å². The summed E-state index contributed by atoms with van der Waals surface area (Å²) in [5, 5.41) is 9.39. The third kappa shape index (κ3) is 1.62. The zero-order valence-corrected chi connectivity index (χ0v) is 7.52. The Kier molecular flexibility index (Phi) is 2.78. The highest BCUT2D eigenvalue weighted by Gasteiger charge is 2.14. The lowest BCUT2D eigenvalue weighted by atomic mass is 10.3. The van der Waals surface area contributed by atoms with Gasteiger partial charge in [0.1, 0.15) is 5.01 Å². The normalized spacial score (nSPS) is 10.2. The van der Waals surface area contributed by atoms with E-state index in [-0.39, 0.29) is 5.69 Å². The minimum absolute atomic E-state index is 0.156. The number of nitrogens with zero attached hydrogens (tertiary/aromatic N) is 1. The Morgan fingerprint density at radius 3 is 2.75 bits per heavy atom. The molecule has 0 radical (unpaired) electrons. The van der Waals surface area contributed by atoms with Crippen LogP contribution < -0.4 is 5.73 Å². The first-order chi connectivity index (χ1) is 5.69. The lowest BCUT2D eigenvalue weighted by Crippen LogP contribution is -2.01. The van der Waals surface area contributed by atoms with E-state index in [1.807, 2.05) is 6.92 Å². The fraction of sp³-hybridized carbons (Fsp3) is 0.429. The van der Waals surface area contributed by atoms with Gasteiger partial charge in [-0.3, -0.25) is 0 Å². The van der Waals surface area contributed by atoms with Gasteiger partial charge in [0.2, 0.25) is 0 Å². The fourth-order valence-electron chi connectivity index (χ4n) is 0.894. The molecule has 66 valence electrons. The number of hydrogen-bond donors (Lipinski definition) is 2. The number of nitrogens with two attached hydrogens (primary N) is 1. The zero-order valence-electron chi connectivity index (χ0n) is 6.70. The monoisotopic (exact) mass is 186 g/mol. The molecule has 5 heteroatoms. The molecule has 3 N–H and O–H groups in total. The number of aromatic carboxylic acids is 1. The number of thiazole rings is 1. The van der Waals surface area contributed by atoms with Crippen LogP contribution in [0.4, 0.5) is 0 Å². The molecule has 0 bridgehead atoms. The molecule has 0 spiro atoms. The van der Waals surface area contributed by atoms with E-state index in [1.54, 1.807) is 0 Å². The summed E-state index contributed by atoms with van der Waals surface area (Å²) in [5.41, 5.74) is 5.50. The highest BCUT2D eigenvalue weighted by Crippen LogP contribution is 2.18. The summed E-state index contributed by atoms with van der Waals surface area (Å²) >= 11 is 1.37. The molecule has 0 aliphatic carbocycles. The van der Waals surface area contributed by atoms with Crippen LogP contribution >= 0.6 is 11.3 Å². The second kappa shape index (κ2) is 3.64. The van der Waals surface area contributed by atoms with Crippen molar-refractivity contribution in [1.82, 2.24) is 4.98 Å². The topological polar surface area (TPSA) is 76.2 Å². The molecule has 4 nitrogen and oxygen atoms in total. The van der Waals surface area contributed by atoms with Crippen LogP contribution in [0.15, 0.2) is 0 Å². The minimum Gasteiger partial charge on any atom is -0.476 e. The zero-order chi connectivity index (χ0) is 9.14. The van der Waals surface area contributed by atoms with Crippen molar-refractivity contribution >= 4 is 17.3 Å². The molecule has 0 unspecified atom stereocenters. The Hall–Kier alpha value is -0.940. The first-order valence-electron chi connectivity index (χ1n) is 3.61. The van der Waals surface area contributed by atoms with Gasteiger partial charge in [-0.05, 0) is 6.42 Å². The molecular formula is C7H10N2O2S.